The largest absolute Gasteiger partial charge is 0.452 e. The molecule has 23 heavy (non-hydrogen) atoms. The summed E-state index contributed by atoms with van der Waals surface area (Å²) in [5.41, 5.74) is 1.16. The van der Waals surface area contributed by atoms with Crippen molar-refractivity contribution >= 4 is 29.2 Å². The molecule has 122 valence electrons. The van der Waals surface area contributed by atoms with Crippen LogP contribution in [-0.2, 0) is 9.53 Å². The van der Waals surface area contributed by atoms with Crippen LogP contribution in [0.25, 0.3) is 0 Å². The predicted molar refractivity (Wildman–Crippen MR) is 85.7 cm³/mol. The number of ether oxygens (including phenoxy) is 1. The maximum absolute atomic E-state index is 12.1. The summed E-state index contributed by atoms with van der Waals surface area (Å²) in [6, 6.07) is 6.80. The van der Waals surface area contributed by atoms with Crippen LogP contribution in [-0.4, -0.2) is 23.6 Å². The van der Waals surface area contributed by atoms with Crippen LogP contribution in [0.15, 0.2) is 28.8 Å². The molecule has 0 fully saturated rings. The average Bonchev–Trinajstić information content (AvgIpc) is 2.89. The zero-order chi connectivity index (χ0) is 17.0. The molecular weight excluding hydrogens is 320 g/mol. The van der Waals surface area contributed by atoms with E-state index in [1.165, 1.54) is 0 Å². The minimum atomic E-state index is -0.637. The zero-order valence-corrected chi connectivity index (χ0v) is 13.8. The highest BCUT2D eigenvalue weighted by Gasteiger charge is 2.24. The van der Waals surface area contributed by atoms with E-state index in [-0.39, 0.29) is 11.5 Å². The summed E-state index contributed by atoms with van der Waals surface area (Å²) < 4.78 is 10.2. The number of hydrogen-bond donors (Lipinski definition) is 1. The van der Waals surface area contributed by atoms with Crippen LogP contribution in [0, 0.1) is 6.92 Å². The molecule has 1 aromatic heterocycles. The number of aryl methyl sites for hydroxylation is 1. The van der Waals surface area contributed by atoms with Gasteiger partial charge in [-0.05, 0) is 19.1 Å². The van der Waals surface area contributed by atoms with E-state index in [2.05, 4.69) is 10.5 Å². The van der Waals surface area contributed by atoms with Crippen LogP contribution in [0.4, 0.5) is 5.69 Å². The molecule has 1 amide bonds. The first-order valence-corrected chi connectivity index (χ1v) is 7.45. The van der Waals surface area contributed by atoms with Crippen LogP contribution in [0.1, 0.15) is 41.6 Å². The van der Waals surface area contributed by atoms with Crippen molar-refractivity contribution in [1.29, 1.82) is 0 Å². The fourth-order valence-electron chi connectivity index (χ4n) is 1.98. The summed E-state index contributed by atoms with van der Waals surface area (Å²) in [7, 11) is 0. The number of nitrogens with one attached hydrogen (secondary N) is 1. The number of para-hydroxylation sites is 1. The smallest absolute Gasteiger partial charge is 0.344 e. The van der Waals surface area contributed by atoms with Crippen LogP contribution in [0.3, 0.4) is 0 Å². The number of carbonyl (C=O) groups excluding carboxylic acids is 2. The number of nitrogens with zero attached hydrogens (tertiary/aromatic N) is 1. The molecule has 7 heteroatoms. The molecule has 2 aromatic rings. The van der Waals surface area contributed by atoms with Crippen molar-refractivity contribution in [3.63, 3.8) is 0 Å². The van der Waals surface area contributed by atoms with Gasteiger partial charge >= 0.3 is 5.97 Å². The molecule has 0 saturated carbocycles. The second kappa shape index (κ2) is 7.28. The molecule has 0 aliphatic rings. The molecule has 0 aliphatic heterocycles. The van der Waals surface area contributed by atoms with Crippen molar-refractivity contribution in [2.75, 3.05) is 11.9 Å². The third kappa shape index (κ3) is 4.10. The van der Waals surface area contributed by atoms with Gasteiger partial charge in [0.1, 0.15) is 5.56 Å². The molecular formula is C16H17ClN2O4. The summed E-state index contributed by atoms with van der Waals surface area (Å²) in [6.45, 7) is 4.98. The zero-order valence-electron chi connectivity index (χ0n) is 13.1. The highest BCUT2D eigenvalue weighted by atomic mass is 35.5. The monoisotopic (exact) mass is 336 g/mol. The van der Waals surface area contributed by atoms with E-state index in [0.717, 1.165) is 0 Å². The van der Waals surface area contributed by atoms with Crippen LogP contribution in [0.5, 0.6) is 0 Å². The highest BCUT2D eigenvalue weighted by Crippen LogP contribution is 2.23. The van der Waals surface area contributed by atoms with E-state index in [1.807, 2.05) is 13.8 Å². The number of amides is 1. The van der Waals surface area contributed by atoms with Crippen molar-refractivity contribution in [3.05, 3.63) is 46.3 Å². The van der Waals surface area contributed by atoms with Gasteiger partial charge in [0, 0.05) is 5.92 Å². The Kier molecular flexibility index (Phi) is 5.39. The van der Waals surface area contributed by atoms with E-state index >= 15 is 0 Å². The number of aromatic nitrogens is 1. The Morgan fingerprint density at radius 1 is 1.35 bits per heavy atom. The first kappa shape index (κ1) is 17.0. The Morgan fingerprint density at radius 2 is 2.04 bits per heavy atom. The first-order valence-electron chi connectivity index (χ1n) is 7.07. The number of hydrogen-bond acceptors (Lipinski definition) is 5. The lowest BCUT2D eigenvalue weighted by atomic mass is 10.1. The fraction of sp³-hybridized carbons (Fsp3) is 0.312. The molecule has 6 nitrogen and oxygen atoms in total. The third-order valence-corrected chi connectivity index (χ3v) is 3.43. The molecule has 0 unspecified atom stereocenters. The first-order chi connectivity index (χ1) is 10.9. The Labute approximate surface area is 138 Å². The Balaban J connectivity index is 1.98. The Morgan fingerprint density at radius 3 is 2.70 bits per heavy atom. The van der Waals surface area contributed by atoms with Crippen LogP contribution >= 0.6 is 11.6 Å². The lowest BCUT2D eigenvalue weighted by molar-refractivity contribution is -0.119. The van der Waals surface area contributed by atoms with Gasteiger partial charge in [-0.2, -0.15) is 0 Å². The molecule has 0 atom stereocenters. The van der Waals surface area contributed by atoms with Gasteiger partial charge in [0.2, 0.25) is 0 Å². The van der Waals surface area contributed by atoms with Crippen molar-refractivity contribution in [3.8, 4) is 0 Å². The predicted octanol–water partition coefficient (Wildman–Crippen LogP) is 3.56. The topological polar surface area (TPSA) is 81.4 Å². The molecule has 0 saturated heterocycles. The van der Waals surface area contributed by atoms with Gasteiger partial charge in [-0.1, -0.05) is 42.7 Å². The number of anilines is 1. The third-order valence-electron chi connectivity index (χ3n) is 3.10. The molecule has 1 heterocycles. The summed E-state index contributed by atoms with van der Waals surface area (Å²) in [6.07, 6.45) is 0. The molecule has 0 bridgehead atoms. The summed E-state index contributed by atoms with van der Waals surface area (Å²) in [4.78, 5) is 24.0. The van der Waals surface area contributed by atoms with Crippen molar-refractivity contribution < 1.29 is 18.8 Å². The van der Waals surface area contributed by atoms with E-state index in [1.54, 1.807) is 31.2 Å². The second-order valence-electron chi connectivity index (χ2n) is 5.27. The molecule has 0 radical (unpaired) electrons. The number of carbonyl (C=O) groups is 2. The van der Waals surface area contributed by atoms with E-state index in [0.29, 0.717) is 22.2 Å². The standard InChI is InChI=1S/C16H17ClN2O4/c1-9(2)15-14(10(3)19-23-15)16(21)22-8-13(20)18-12-7-5-4-6-11(12)17/h4-7,9H,8H2,1-3H3,(H,18,20). The second-order valence-corrected chi connectivity index (χ2v) is 5.67. The highest BCUT2D eigenvalue weighted by molar-refractivity contribution is 6.33. The van der Waals surface area contributed by atoms with Gasteiger partial charge in [0.05, 0.1) is 16.4 Å². The summed E-state index contributed by atoms with van der Waals surface area (Å²) in [5, 5.41) is 6.75. The van der Waals surface area contributed by atoms with E-state index in [9.17, 15) is 9.59 Å². The Hall–Kier alpha value is -2.34. The van der Waals surface area contributed by atoms with Crippen molar-refractivity contribution in [1.82, 2.24) is 5.16 Å². The van der Waals surface area contributed by atoms with Gasteiger partial charge in [-0.3, -0.25) is 4.79 Å². The Bertz CT molecular complexity index is 725. The number of halogens is 1. The average molecular weight is 337 g/mol. The maximum Gasteiger partial charge on any atom is 0.344 e. The fourth-order valence-corrected chi connectivity index (χ4v) is 2.16. The molecule has 2 rings (SSSR count). The summed E-state index contributed by atoms with van der Waals surface area (Å²) >= 11 is 5.95. The molecule has 1 aromatic carbocycles. The van der Waals surface area contributed by atoms with Gasteiger partial charge in [-0.15, -0.1) is 0 Å². The quantitative estimate of drug-likeness (QED) is 0.844. The number of rotatable bonds is 5. The summed E-state index contributed by atoms with van der Waals surface area (Å²) in [5.74, 6) is -0.692. The lowest BCUT2D eigenvalue weighted by Gasteiger charge is -2.08. The van der Waals surface area contributed by atoms with Gasteiger partial charge < -0.3 is 14.6 Å². The molecule has 1 N–H and O–H groups in total. The van der Waals surface area contributed by atoms with E-state index in [4.69, 9.17) is 20.9 Å². The maximum atomic E-state index is 12.1. The van der Waals surface area contributed by atoms with Crippen LogP contribution < -0.4 is 5.32 Å². The van der Waals surface area contributed by atoms with Gasteiger partial charge in [-0.25, -0.2) is 4.79 Å². The van der Waals surface area contributed by atoms with Crippen molar-refractivity contribution in [2.45, 2.75) is 26.7 Å². The SMILES string of the molecule is Cc1noc(C(C)C)c1C(=O)OCC(=O)Nc1ccccc1Cl. The van der Waals surface area contributed by atoms with Gasteiger partial charge in [0.15, 0.2) is 12.4 Å². The van der Waals surface area contributed by atoms with E-state index < -0.39 is 18.5 Å². The minimum absolute atomic E-state index is 0.0179. The number of esters is 1. The number of benzene rings is 1. The molecule has 0 spiro atoms. The lowest BCUT2D eigenvalue weighted by Crippen LogP contribution is -2.21. The van der Waals surface area contributed by atoms with Crippen molar-refractivity contribution in [2.24, 2.45) is 0 Å². The van der Waals surface area contributed by atoms with Gasteiger partial charge in [0.25, 0.3) is 5.91 Å². The minimum Gasteiger partial charge on any atom is -0.452 e. The molecule has 0 aliphatic carbocycles. The van der Waals surface area contributed by atoms with Crippen LogP contribution in [0.2, 0.25) is 5.02 Å². The normalized spacial score (nSPS) is 10.7.